The Morgan fingerprint density at radius 1 is 1.17 bits per heavy atom. The van der Waals surface area contributed by atoms with E-state index in [2.05, 4.69) is 10.4 Å². The van der Waals surface area contributed by atoms with Crippen LogP contribution in [0.3, 0.4) is 0 Å². The molecule has 0 saturated heterocycles. The maximum absolute atomic E-state index is 12.6. The monoisotopic (exact) mass is 416 g/mol. The average Bonchev–Trinajstić information content (AvgIpc) is 2.69. The number of ether oxygens (including phenoxy) is 1. The van der Waals surface area contributed by atoms with Gasteiger partial charge in [-0.05, 0) is 55.3 Å². The summed E-state index contributed by atoms with van der Waals surface area (Å²) in [5, 5.41) is 8.50. The molecule has 154 valence electrons. The quantitative estimate of drug-likeness (QED) is 0.755. The van der Waals surface area contributed by atoms with Crippen LogP contribution in [0.25, 0.3) is 0 Å². The summed E-state index contributed by atoms with van der Waals surface area (Å²) in [5.74, 6) is 0.246. The van der Waals surface area contributed by atoms with Crippen LogP contribution in [-0.4, -0.2) is 30.7 Å². The van der Waals surface area contributed by atoms with Gasteiger partial charge in [0, 0.05) is 25.1 Å². The van der Waals surface area contributed by atoms with Gasteiger partial charge in [0.25, 0.3) is 5.91 Å². The lowest BCUT2D eigenvalue weighted by molar-refractivity contribution is -0.118. The summed E-state index contributed by atoms with van der Waals surface area (Å²) < 4.78 is 5.42. The highest BCUT2D eigenvalue weighted by Gasteiger charge is 2.26. The van der Waals surface area contributed by atoms with Crippen LogP contribution < -0.4 is 20.8 Å². The van der Waals surface area contributed by atoms with Crippen LogP contribution in [0.1, 0.15) is 24.0 Å². The molecule has 0 fully saturated rings. The number of anilines is 2. The minimum Gasteiger partial charge on any atom is -0.492 e. The zero-order chi connectivity index (χ0) is 20.1. The van der Waals surface area contributed by atoms with Crippen molar-refractivity contribution >= 4 is 41.3 Å². The molecule has 0 aliphatic carbocycles. The third-order valence-corrected chi connectivity index (χ3v) is 4.39. The van der Waals surface area contributed by atoms with E-state index in [1.165, 1.54) is 5.01 Å². The summed E-state index contributed by atoms with van der Waals surface area (Å²) in [6.45, 7) is 4.74. The number of carbonyl (C=O) groups is 2. The van der Waals surface area contributed by atoms with Crippen molar-refractivity contribution in [1.82, 2.24) is 0 Å². The van der Waals surface area contributed by atoms with E-state index < -0.39 is 0 Å². The number of nitrogens with two attached hydrogens (primary N) is 1. The first-order valence-corrected chi connectivity index (χ1v) is 9.20. The van der Waals surface area contributed by atoms with E-state index >= 15 is 0 Å². The molecule has 0 radical (unpaired) electrons. The number of carbonyl (C=O) groups excluding carboxylic acids is 2. The molecule has 0 saturated carbocycles. The smallest absolute Gasteiger partial charge is 0.271 e. The molecule has 0 bridgehead atoms. The first-order valence-electron chi connectivity index (χ1n) is 9.20. The molecule has 1 aliphatic rings. The van der Waals surface area contributed by atoms with Crippen LogP contribution in [0.15, 0.2) is 47.6 Å². The number of nitrogens with zero attached hydrogens (tertiary/aromatic N) is 2. The number of hydrazone groups is 1. The van der Waals surface area contributed by atoms with Gasteiger partial charge >= 0.3 is 0 Å². The van der Waals surface area contributed by atoms with E-state index in [4.69, 9.17) is 10.5 Å². The van der Waals surface area contributed by atoms with Crippen LogP contribution in [0.2, 0.25) is 0 Å². The van der Waals surface area contributed by atoms with Gasteiger partial charge in [-0.15, -0.1) is 12.4 Å². The molecule has 2 aromatic carbocycles. The average molecular weight is 417 g/mol. The maximum Gasteiger partial charge on any atom is 0.271 e. The van der Waals surface area contributed by atoms with Gasteiger partial charge in [-0.1, -0.05) is 12.1 Å². The molecular formula is C21H25ClN4O3. The lowest BCUT2D eigenvalue weighted by atomic mass is 10.1. The number of hydrogen-bond donors (Lipinski definition) is 2. The number of aryl methyl sites for hydroxylation is 2. The van der Waals surface area contributed by atoms with E-state index in [-0.39, 0.29) is 30.6 Å². The second-order valence-electron chi connectivity index (χ2n) is 6.66. The molecule has 2 amide bonds. The van der Waals surface area contributed by atoms with Crippen LogP contribution >= 0.6 is 12.4 Å². The van der Waals surface area contributed by atoms with E-state index in [9.17, 15) is 9.59 Å². The Morgan fingerprint density at radius 3 is 2.59 bits per heavy atom. The van der Waals surface area contributed by atoms with Crippen molar-refractivity contribution < 1.29 is 14.3 Å². The van der Waals surface area contributed by atoms with E-state index in [1.54, 1.807) is 24.3 Å². The summed E-state index contributed by atoms with van der Waals surface area (Å²) in [6.07, 6.45) is 0.551. The summed E-state index contributed by atoms with van der Waals surface area (Å²) in [4.78, 5) is 25.0. The van der Waals surface area contributed by atoms with Crippen LogP contribution in [0.4, 0.5) is 11.4 Å². The molecular weight excluding hydrogens is 392 g/mol. The number of amides is 2. The van der Waals surface area contributed by atoms with Crippen LogP contribution in [0, 0.1) is 13.8 Å². The van der Waals surface area contributed by atoms with Gasteiger partial charge in [-0.3, -0.25) is 9.59 Å². The number of rotatable bonds is 6. The molecule has 1 aliphatic heterocycles. The molecule has 7 nitrogen and oxygen atoms in total. The summed E-state index contributed by atoms with van der Waals surface area (Å²) in [6, 6.07) is 12.8. The minimum absolute atomic E-state index is 0. The fourth-order valence-electron chi connectivity index (χ4n) is 2.87. The van der Waals surface area contributed by atoms with E-state index in [0.717, 1.165) is 11.1 Å². The summed E-state index contributed by atoms with van der Waals surface area (Å²) in [5.41, 5.74) is 9.02. The van der Waals surface area contributed by atoms with Crippen molar-refractivity contribution in [3.05, 3.63) is 53.6 Å². The molecule has 0 spiro atoms. The van der Waals surface area contributed by atoms with Crippen molar-refractivity contribution in [2.75, 3.05) is 23.5 Å². The second-order valence-corrected chi connectivity index (χ2v) is 6.66. The fraction of sp³-hybridized carbons (Fsp3) is 0.286. The Kier molecular flexibility index (Phi) is 7.75. The van der Waals surface area contributed by atoms with Crippen molar-refractivity contribution in [2.45, 2.75) is 26.7 Å². The Hall–Kier alpha value is -2.90. The van der Waals surface area contributed by atoms with Gasteiger partial charge in [-0.2, -0.15) is 5.10 Å². The highest BCUT2D eigenvalue weighted by Crippen LogP contribution is 2.25. The molecule has 0 atom stereocenters. The van der Waals surface area contributed by atoms with Gasteiger partial charge in [0.15, 0.2) is 0 Å². The zero-order valence-corrected chi connectivity index (χ0v) is 17.3. The summed E-state index contributed by atoms with van der Waals surface area (Å²) in [7, 11) is 0. The lowest BCUT2D eigenvalue weighted by Gasteiger charge is -2.24. The second kappa shape index (κ2) is 10.0. The third kappa shape index (κ3) is 5.56. The standard InChI is InChI=1S/C21H24N4O3.ClH/c1-14-3-4-15(2)19(13-14)25-20(26)10-9-18(24-25)21(27)23-16-5-7-17(8-6-16)28-12-11-22;/h3-8,13H,9-12,22H2,1-2H3,(H,23,27);1H. The normalized spacial score (nSPS) is 13.4. The molecule has 3 N–H and O–H groups in total. The molecule has 3 rings (SSSR count). The molecule has 2 aromatic rings. The lowest BCUT2D eigenvalue weighted by Crippen LogP contribution is -2.36. The number of nitrogens with one attached hydrogen (secondary N) is 1. The predicted octanol–water partition coefficient (Wildman–Crippen LogP) is 3.18. The third-order valence-electron chi connectivity index (χ3n) is 4.39. The van der Waals surface area contributed by atoms with Gasteiger partial charge in [-0.25, -0.2) is 5.01 Å². The van der Waals surface area contributed by atoms with Crippen LogP contribution in [0.5, 0.6) is 5.75 Å². The van der Waals surface area contributed by atoms with E-state index in [0.29, 0.717) is 42.4 Å². The SMILES string of the molecule is Cc1ccc(C)c(N2N=C(C(=O)Nc3ccc(OCCN)cc3)CCC2=O)c1.Cl. The van der Waals surface area contributed by atoms with Gasteiger partial charge in [0.2, 0.25) is 5.91 Å². The number of benzene rings is 2. The first kappa shape index (κ1) is 22.4. The molecule has 0 unspecified atom stereocenters. The van der Waals surface area contributed by atoms with Gasteiger partial charge < -0.3 is 15.8 Å². The minimum atomic E-state index is -0.321. The van der Waals surface area contributed by atoms with Crippen molar-refractivity contribution in [2.24, 2.45) is 10.8 Å². The Balaban J connectivity index is 0.00000300. The highest BCUT2D eigenvalue weighted by atomic mass is 35.5. The zero-order valence-electron chi connectivity index (χ0n) is 16.5. The first-order chi connectivity index (χ1) is 13.5. The largest absolute Gasteiger partial charge is 0.492 e. The van der Waals surface area contributed by atoms with Gasteiger partial charge in [0.05, 0.1) is 5.69 Å². The Labute approximate surface area is 176 Å². The van der Waals surface area contributed by atoms with Gasteiger partial charge in [0.1, 0.15) is 18.1 Å². The highest BCUT2D eigenvalue weighted by molar-refractivity contribution is 6.44. The molecule has 29 heavy (non-hydrogen) atoms. The predicted molar refractivity (Wildman–Crippen MR) is 117 cm³/mol. The van der Waals surface area contributed by atoms with E-state index in [1.807, 2.05) is 32.0 Å². The molecule has 1 heterocycles. The topological polar surface area (TPSA) is 97.0 Å². The molecule has 0 aromatic heterocycles. The summed E-state index contributed by atoms with van der Waals surface area (Å²) >= 11 is 0. The Morgan fingerprint density at radius 2 is 1.90 bits per heavy atom. The van der Waals surface area contributed by atoms with Crippen molar-refractivity contribution in [1.29, 1.82) is 0 Å². The number of hydrogen-bond acceptors (Lipinski definition) is 5. The van der Waals surface area contributed by atoms with Crippen molar-refractivity contribution in [3.8, 4) is 5.75 Å². The van der Waals surface area contributed by atoms with Crippen LogP contribution in [-0.2, 0) is 9.59 Å². The Bertz CT molecular complexity index is 913. The van der Waals surface area contributed by atoms with Crippen molar-refractivity contribution in [3.63, 3.8) is 0 Å². The number of halogens is 1. The molecule has 8 heteroatoms. The fourth-order valence-corrected chi connectivity index (χ4v) is 2.87. The maximum atomic E-state index is 12.6.